The van der Waals surface area contributed by atoms with Gasteiger partial charge < -0.3 is 10.2 Å². The van der Waals surface area contributed by atoms with E-state index in [0.717, 1.165) is 36.9 Å². The van der Waals surface area contributed by atoms with Gasteiger partial charge in [0.05, 0.1) is 18.1 Å². The summed E-state index contributed by atoms with van der Waals surface area (Å²) in [7, 11) is -3.02. The molecule has 1 aromatic rings. The molecule has 1 amide bonds. The van der Waals surface area contributed by atoms with Crippen molar-refractivity contribution in [1.29, 1.82) is 0 Å². The Balaban J connectivity index is 1.73. The molecule has 7 heteroatoms. The van der Waals surface area contributed by atoms with Gasteiger partial charge in [0.15, 0.2) is 9.84 Å². The molecule has 0 aromatic heterocycles. The number of amides is 1. The summed E-state index contributed by atoms with van der Waals surface area (Å²) in [5.41, 5.74) is 1.75. The third-order valence-corrected chi connectivity index (χ3v) is 7.72. The number of halogens is 1. The molecular formula is C19H27ClN2O3S. The Hall–Kier alpha value is -1.27. The first-order valence-corrected chi connectivity index (χ1v) is 11.6. The second-order valence-electron chi connectivity index (χ2n) is 7.42. The molecule has 0 radical (unpaired) electrons. The van der Waals surface area contributed by atoms with Gasteiger partial charge in [-0.2, -0.15) is 0 Å². The van der Waals surface area contributed by atoms with Crippen LogP contribution in [0.25, 0.3) is 0 Å². The first-order valence-electron chi connectivity index (χ1n) is 9.38. The monoisotopic (exact) mass is 398 g/mol. The molecule has 1 saturated heterocycles. The number of rotatable bonds is 5. The van der Waals surface area contributed by atoms with Crippen molar-refractivity contribution in [2.24, 2.45) is 0 Å². The minimum absolute atomic E-state index is 0.0154. The first kappa shape index (κ1) is 19.5. The van der Waals surface area contributed by atoms with Crippen LogP contribution in [-0.4, -0.2) is 49.4 Å². The maximum absolute atomic E-state index is 13.0. The molecule has 1 atom stereocenters. The van der Waals surface area contributed by atoms with Crippen LogP contribution in [0.5, 0.6) is 0 Å². The lowest BCUT2D eigenvalue weighted by Gasteiger charge is -2.38. The minimum Gasteiger partial charge on any atom is -0.376 e. The van der Waals surface area contributed by atoms with E-state index in [-0.39, 0.29) is 36.0 Å². The molecule has 5 nitrogen and oxygen atoms in total. The molecule has 0 bridgehead atoms. The van der Waals surface area contributed by atoms with Crippen LogP contribution in [0.15, 0.2) is 18.2 Å². The SMILES string of the molecule is Cc1c(Cl)cccc1NCC(=O)N(C1CCCCC1)C1CCS(=O)(=O)C1. The van der Waals surface area contributed by atoms with E-state index in [1.807, 2.05) is 30.0 Å². The van der Waals surface area contributed by atoms with Gasteiger partial charge in [-0.15, -0.1) is 0 Å². The highest BCUT2D eigenvalue weighted by Gasteiger charge is 2.38. The summed E-state index contributed by atoms with van der Waals surface area (Å²) in [6, 6.07) is 5.56. The van der Waals surface area contributed by atoms with Crippen LogP contribution < -0.4 is 5.32 Å². The Morgan fingerprint density at radius 3 is 2.58 bits per heavy atom. The number of sulfone groups is 1. The van der Waals surface area contributed by atoms with E-state index in [0.29, 0.717) is 11.4 Å². The van der Waals surface area contributed by atoms with Crippen molar-refractivity contribution in [2.45, 2.75) is 57.5 Å². The zero-order valence-electron chi connectivity index (χ0n) is 15.2. The second-order valence-corrected chi connectivity index (χ2v) is 10.1. The van der Waals surface area contributed by atoms with Gasteiger partial charge in [0, 0.05) is 22.8 Å². The molecule has 0 spiro atoms. The number of hydrogen-bond acceptors (Lipinski definition) is 4. The lowest BCUT2D eigenvalue weighted by Crippen LogP contribution is -2.50. The van der Waals surface area contributed by atoms with Gasteiger partial charge in [-0.3, -0.25) is 4.79 Å². The number of hydrogen-bond donors (Lipinski definition) is 1. The van der Waals surface area contributed by atoms with E-state index in [1.54, 1.807) is 0 Å². The molecule has 1 aliphatic carbocycles. The fourth-order valence-corrected chi connectivity index (χ4v) is 6.01. The van der Waals surface area contributed by atoms with Crippen molar-refractivity contribution in [3.05, 3.63) is 28.8 Å². The third-order valence-electron chi connectivity index (χ3n) is 5.56. The second kappa shape index (κ2) is 8.17. The zero-order valence-corrected chi connectivity index (χ0v) is 16.8. The Bertz CT molecular complexity index is 760. The minimum atomic E-state index is -3.02. The number of carbonyl (C=O) groups is 1. The number of carbonyl (C=O) groups excluding carboxylic acids is 1. The van der Waals surface area contributed by atoms with Crippen LogP contribution in [0.2, 0.25) is 5.02 Å². The molecule has 3 rings (SSSR count). The summed E-state index contributed by atoms with van der Waals surface area (Å²) < 4.78 is 23.9. The highest BCUT2D eigenvalue weighted by molar-refractivity contribution is 7.91. The van der Waals surface area contributed by atoms with Crippen molar-refractivity contribution in [2.75, 3.05) is 23.4 Å². The van der Waals surface area contributed by atoms with Crippen LogP contribution >= 0.6 is 11.6 Å². The summed E-state index contributed by atoms with van der Waals surface area (Å²) >= 11 is 6.15. The van der Waals surface area contributed by atoms with Gasteiger partial charge in [0.2, 0.25) is 5.91 Å². The van der Waals surface area contributed by atoms with Gasteiger partial charge in [-0.1, -0.05) is 36.9 Å². The highest BCUT2D eigenvalue weighted by atomic mass is 35.5. The molecule has 1 saturated carbocycles. The summed E-state index contributed by atoms with van der Waals surface area (Å²) in [6.45, 7) is 2.08. The van der Waals surface area contributed by atoms with E-state index in [2.05, 4.69) is 5.32 Å². The van der Waals surface area contributed by atoms with Crippen molar-refractivity contribution in [3.8, 4) is 0 Å². The van der Waals surface area contributed by atoms with Crippen LogP contribution in [0.1, 0.15) is 44.1 Å². The number of nitrogens with one attached hydrogen (secondary N) is 1. The quantitative estimate of drug-likeness (QED) is 0.825. The standard InChI is InChI=1S/C19H27ClN2O3S/c1-14-17(20)8-5-9-18(14)21-12-19(23)22(15-6-3-2-4-7-15)16-10-11-26(24,25)13-16/h5,8-9,15-16,21H,2-4,6-7,10-13H2,1H3. The smallest absolute Gasteiger partial charge is 0.242 e. The van der Waals surface area contributed by atoms with Gasteiger partial charge in [-0.05, 0) is 43.9 Å². The number of anilines is 1. The van der Waals surface area contributed by atoms with Crippen molar-refractivity contribution in [1.82, 2.24) is 4.90 Å². The van der Waals surface area contributed by atoms with Crippen LogP contribution in [0, 0.1) is 6.92 Å². The summed E-state index contributed by atoms with van der Waals surface area (Å²) in [5, 5.41) is 3.85. The molecular weight excluding hydrogens is 372 g/mol. The summed E-state index contributed by atoms with van der Waals surface area (Å²) in [4.78, 5) is 14.9. The molecule has 1 N–H and O–H groups in total. The molecule has 1 unspecified atom stereocenters. The largest absolute Gasteiger partial charge is 0.376 e. The van der Waals surface area contributed by atoms with Crippen molar-refractivity contribution < 1.29 is 13.2 Å². The predicted octanol–water partition coefficient (Wildman–Crippen LogP) is 3.41. The van der Waals surface area contributed by atoms with Crippen molar-refractivity contribution >= 4 is 33.0 Å². The molecule has 2 aliphatic rings. The van der Waals surface area contributed by atoms with E-state index in [1.165, 1.54) is 6.42 Å². The normalized spacial score (nSPS) is 22.9. The number of nitrogens with zero attached hydrogens (tertiary/aromatic N) is 1. The maximum atomic E-state index is 13.0. The maximum Gasteiger partial charge on any atom is 0.242 e. The fraction of sp³-hybridized carbons (Fsp3) is 0.632. The Morgan fingerprint density at radius 1 is 1.19 bits per heavy atom. The highest BCUT2D eigenvalue weighted by Crippen LogP contribution is 2.29. The topological polar surface area (TPSA) is 66.5 Å². The molecule has 26 heavy (non-hydrogen) atoms. The van der Waals surface area contributed by atoms with Gasteiger partial charge in [0.25, 0.3) is 0 Å². The predicted molar refractivity (Wildman–Crippen MR) is 105 cm³/mol. The Kier molecular flexibility index (Phi) is 6.13. The summed E-state index contributed by atoms with van der Waals surface area (Å²) in [5.74, 6) is 0.277. The van der Waals surface area contributed by atoms with Crippen LogP contribution in [0.3, 0.4) is 0 Å². The molecule has 1 aliphatic heterocycles. The summed E-state index contributed by atoms with van der Waals surface area (Å²) in [6.07, 6.45) is 5.91. The van der Waals surface area contributed by atoms with Crippen LogP contribution in [-0.2, 0) is 14.6 Å². The van der Waals surface area contributed by atoms with Gasteiger partial charge >= 0.3 is 0 Å². The number of benzene rings is 1. The molecule has 144 valence electrons. The first-order chi connectivity index (χ1) is 12.4. The van der Waals surface area contributed by atoms with E-state index >= 15 is 0 Å². The third kappa shape index (κ3) is 4.52. The van der Waals surface area contributed by atoms with Gasteiger partial charge in [-0.25, -0.2) is 8.42 Å². The fourth-order valence-electron chi connectivity index (χ4n) is 4.12. The molecule has 2 fully saturated rings. The van der Waals surface area contributed by atoms with Gasteiger partial charge in [0.1, 0.15) is 0 Å². The Morgan fingerprint density at radius 2 is 1.92 bits per heavy atom. The Labute approximate surface area is 161 Å². The van der Waals surface area contributed by atoms with Crippen LogP contribution in [0.4, 0.5) is 5.69 Å². The average molecular weight is 399 g/mol. The van der Waals surface area contributed by atoms with E-state index in [9.17, 15) is 13.2 Å². The van der Waals surface area contributed by atoms with Crippen molar-refractivity contribution in [3.63, 3.8) is 0 Å². The van der Waals surface area contributed by atoms with E-state index < -0.39 is 9.84 Å². The molecule has 1 heterocycles. The average Bonchev–Trinajstić information content (AvgIpc) is 2.97. The molecule has 1 aromatic carbocycles. The lowest BCUT2D eigenvalue weighted by molar-refractivity contribution is -0.134. The lowest BCUT2D eigenvalue weighted by atomic mass is 9.93. The zero-order chi connectivity index (χ0) is 18.7. The van der Waals surface area contributed by atoms with E-state index in [4.69, 9.17) is 11.6 Å².